The summed E-state index contributed by atoms with van der Waals surface area (Å²) in [7, 11) is 0. The summed E-state index contributed by atoms with van der Waals surface area (Å²) in [6.07, 6.45) is 0. The normalized spacial score (nSPS) is 9.33. The summed E-state index contributed by atoms with van der Waals surface area (Å²) in [5.41, 5.74) is 1.09. The molecule has 0 bridgehead atoms. The monoisotopic (exact) mass is 348 g/mol. The Hall–Kier alpha value is -1.21. The molecule has 4 heteroatoms. The first-order valence-corrected chi connectivity index (χ1v) is 5.95. The van der Waals surface area contributed by atoms with Crippen LogP contribution in [0.1, 0.15) is 20.7 Å². The molecule has 0 N–H and O–H groups in total. The molecule has 0 aliphatic rings. The predicted molar refractivity (Wildman–Crippen MR) is 69.1 cm³/mol. The minimum absolute atomic E-state index is 0. The molecule has 18 heavy (non-hydrogen) atoms. The molecule has 0 saturated carbocycles. The van der Waals surface area contributed by atoms with Crippen molar-refractivity contribution in [1.82, 2.24) is 0 Å². The third-order valence-electron chi connectivity index (χ3n) is 2.20. The van der Waals surface area contributed by atoms with E-state index < -0.39 is 0 Å². The molecular weight excluding hydrogens is 339 g/mol. The van der Waals surface area contributed by atoms with Crippen molar-refractivity contribution >= 4 is 22.0 Å². The SMILES string of the molecule is O=C(SC(=O)c1ccccc1)c1ccccc1.[Pd]. The number of carbonyl (C=O) groups is 2. The van der Waals surface area contributed by atoms with Crippen LogP contribution in [0.15, 0.2) is 60.7 Å². The van der Waals surface area contributed by atoms with E-state index in [1.54, 1.807) is 48.5 Å². The van der Waals surface area contributed by atoms with E-state index in [4.69, 9.17) is 0 Å². The fraction of sp³-hybridized carbons (Fsp3) is 0. The zero-order valence-corrected chi connectivity index (χ0v) is 11.7. The summed E-state index contributed by atoms with van der Waals surface area (Å²) in [6.45, 7) is 0. The van der Waals surface area contributed by atoms with Crippen molar-refractivity contribution in [2.45, 2.75) is 0 Å². The van der Waals surface area contributed by atoms with Crippen LogP contribution in [0.4, 0.5) is 0 Å². The van der Waals surface area contributed by atoms with Crippen molar-refractivity contribution in [3.63, 3.8) is 0 Å². The fourth-order valence-corrected chi connectivity index (χ4v) is 2.03. The van der Waals surface area contributed by atoms with Crippen molar-refractivity contribution in [1.29, 1.82) is 0 Å². The minimum Gasteiger partial charge on any atom is -0.281 e. The second kappa shape index (κ2) is 7.28. The molecular formula is C14H10O2PdS. The molecule has 0 saturated heterocycles. The molecule has 0 aliphatic carbocycles. The first-order chi connectivity index (χ1) is 8.27. The van der Waals surface area contributed by atoms with Gasteiger partial charge < -0.3 is 0 Å². The third-order valence-corrected chi connectivity index (χ3v) is 3.05. The maximum Gasteiger partial charge on any atom is 0.227 e. The van der Waals surface area contributed by atoms with Crippen LogP contribution in [-0.4, -0.2) is 10.2 Å². The van der Waals surface area contributed by atoms with E-state index in [0.717, 1.165) is 11.8 Å². The van der Waals surface area contributed by atoms with E-state index in [1.807, 2.05) is 12.1 Å². The van der Waals surface area contributed by atoms with Crippen molar-refractivity contribution in [3.8, 4) is 0 Å². The smallest absolute Gasteiger partial charge is 0.227 e. The Balaban J connectivity index is 0.00000162. The van der Waals surface area contributed by atoms with E-state index in [-0.39, 0.29) is 30.7 Å². The molecule has 0 atom stereocenters. The maximum atomic E-state index is 11.8. The van der Waals surface area contributed by atoms with E-state index >= 15 is 0 Å². The third kappa shape index (κ3) is 3.92. The standard InChI is InChI=1S/C14H10O2S.Pd/c15-13(11-7-3-1-4-8-11)17-14(16)12-9-5-2-6-10-12;/h1-10H;. The Labute approximate surface area is 123 Å². The van der Waals surface area contributed by atoms with Crippen LogP contribution in [0.3, 0.4) is 0 Å². The first-order valence-electron chi connectivity index (χ1n) is 5.14. The van der Waals surface area contributed by atoms with Crippen LogP contribution in [0.5, 0.6) is 0 Å². The summed E-state index contributed by atoms with van der Waals surface area (Å²) in [4.78, 5) is 23.5. The molecule has 0 unspecified atom stereocenters. The van der Waals surface area contributed by atoms with Crippen LogP contribution >= 0.6 is 11.8 Å². The largest absolute Gasteiger partial charge is 0.281 e. The molecule has 0 aromatic heterocycles. The Morgan fingerprint density at radius 1 is 0.667 bits per heavy atom. The van der Waals surface area contributed by atoms with Crippen molar-refractivity contribution in [2.75, 3.05) is 0 Å². The first kappa shape index (κ1) is 14.9. The molecule has 0 fully saturated rings. The Kier molecular flexibility index (Phi) is 6.00. The summed E-state index contributed by atoms with van der Waals surface area (Å²) < 4.78 is 0. The van der Waals surface area contributed by atoms with E-state index in [2.05, 4.69) is 0 Å². The van der Waals surface area contributed by atoms with Crippen molar-refractivity contribution < 1.29 is 30.0 Å². The van der Waals surface area contributed by atoms with Gasteiger partial charge in [-0.15, -0.1) is 0 Å². The molecule has 2 aromatic rings. The number of rotatable bonds is 2. The Morgan fingerprint density at radius 3 is 1.33 bits per heavy atom. The van der Waals surface area contributed by atoms with Crippen LogP contribution in [0.25, 0.3) is 0 Å². The molecule has 0 heterocycles. The Morgan fingerprint density at radius 2 is 1.00 bits per heavy atom. The van der Waals surface area contributed by atoms with Crippen molar-refractivity contribution in [2.24, 2.45) is 0 Å². The maximum absolute atomic E-state index is 11.8. The van der Waals surface area contributed by atoms with Gasteiger partial charge in [0.05, 0.1) is 0 Å². The van der Waals surface area contributed by atoms with Crippen molar-refractivity contribution in [3.05, 3.63) is 71.8 Å². The zero-order valence-electron chi connectivity index (χ0n) is 9.31. The molecule has 0 radical (unpaired) electrons. The minimum atomic E-state index is -0.223. The van der Waals surface area contributed by atoms with Crippen LogP contribution in [0, 0.1) is 0 Å². The average molecular weight is 349 g/mol. The van der Waals surface area contributed by atoms with Gasteiger partial charge in [-0.3, -0.25) is 9.59 Å². The van der Waals surface area contributed by atoms with Gasteiger partial charge in [0, 0.05) is 31.5 Å². The van der Waals surface area contributed by atoms with Gasteiger partial charge in [-0.2, -0.15) is 0 Å². The Bertz CT molecular complexity index is 477. The number of carbonyl (C=O) groups excluding carboxylic acids is 2. The quantitative estimate of drug-likeness (QED) is 0.780. The molecule has 2 rings (SSSR count). The van der Waals surface area contributed by atoms with Crippen LogP contribution < -0.4 is 0 Å². The number of benzene rings is 2. The summed E-state index contributed by atoms with van der Waals surface area (Å²) >= 11 is 0.728. The number of hydrogen-bond donors (Lipinski definition) is 0. The molecule has 0 spiro atoms. The molecule has 2 aromatic carbocycles. The van der Waals surface area contributed by atoms with E-state index in [1.165, 1.54) is 0 Å². The molecule has 0 aliphatic heterocycles. The van der Waals surface area contributed by atoms with E-state index in [0.29, 0.717) is 11.1 Å². The zero-order chi connectivity index (χ0) is 12.1. The topological polar surface area (TPSA) is 34.1 Å². The van der Waals surface area contributed by atoms with Crippen LogP contribution in [0.2, 0.25) is 0 Å². The van der Waals surface area contributed by atoms with Gasteiger partial charge in [0.25, 0.3) is 0 Å². The second-order valence-electron chi connectivity index (χ2n) is 3.41. The van der Waals surface area contributed by atoms with Gasteiger partial charge in [-0.05, 0) is 11.8 Å². The van der Waals surface area contributed by atoms with E-state index in [9.17, 15) is 9.59 Å². The summed E-state index contributed by atoms with van der Waals surface area (Å²) in [6, 6.07) is 17.6. The molecule has 2 nitrogen and oxygen atoms in total. The number of thioether (sulfide) groups is 1. The van der Waals surface area contributed by atoms with Gasteiger partial charge in [0.2, 0.25) is 10.2 Å². The fourth-order valence-electron chi connectivity index (χ4n) is 1.35. The van der Waals surface area contributed by atoms with Gasteiger partial charge in [-0.1, -0.05) is 60.7 Å². The number of hydrogen-bond acceptors (Lipinski definition) is 3. The molecule has 0 amide bonds. The predicted octanol–water partition coefficient (Wildman–Crippen LogP) is 3.40. The summed E-state index contributed by atoms with van der Waals surface area (Å²) in [5.74, 6) is 0. The van der Waals surface area contributed by atoms with Gasteiger partial charge in [0.15, 0.2) is 0 Å². The molecule has 94 valence electrons. The van der Waals surface area contributed by atoms with Gasteiger partial charge >= 0.3 is 0 Å². The summed E-state index contributed by atoms with van der Waals surface area (Å²) in [5, 5.41) is -0.445. The van der Waals surface area contributed by atoms with Gasteiger partial charge in [0.1, 0.15) is 0 Å². The second-order valence-corrected chi connectivity index (χ2v) is 4.35. The van der Waals surface area contributed by atoms with Gasteiger partial charge in [-0.25, -0.2) is 0 Å². The van der Waals surface area contributed by atoms with Crippen LogP contribution in [-0.2, 0) is 20.4 Å². The average Bonchev–Trinajstić information content (AvgIpc) is 2.40.